The van der Waals surface area contributed by atoms with Gasteiger partial charge >= 0.3 is 5.97 Å². The van der Waals surface area contributed by atoms with E-state index in [2.05, 4.69) is 10.6 Å². The first-order valence-corrected chi connectivity index (χ1v) is 6.99. The molecule has 0 saturated carbocycles. The smallest absolute Gasteiger partial charge is 0.338 e. The number of halogens is 1. The van der Waals surface area contributed by atoms with Crippen LogP contribution in [0.15, 0.2) is 24.3 Å². The number of carbonyl (C=O) groups excluding carboxylic acids is 2. The molecule has 2 N–H and O–H groups in total. The zero-order chi connectivity index (χ0) is 14.4. The molecule has 21 heavy (non-hydrogen) atoms. The van der Waals surface area contributed by atoms with Gasteiger partial charge in [-0.15, -0.1) is 12.4 Å². The van der Waals surface area contributed by atoms with Crippen molar-refractivity contribution in [3.8, 4) is 0 Å². The third-order valence-corrected chi connectivity index (χ3v) is 3.27. The summed E-state index contributed by atoms with van der Waals surface area (Å²) in [6.45, 7) is 3.11. The molecule has 0 radical (unpaired) electrons. The van der Waals surface area contributed by atoms with Crippen molar-refractivity contribution < 1.29 is 14.3 Å². The lowest BCUT2D eigenvalue weighted by atomic mass is 10.1. The first-order valence-electron chi connectivity index (χ1n) is 6.99. The molecule has 0 aromatic heterocycles. The van der Waals surface area contributed by atoms with Crippen LogP contribution in [0.4, 0.5) is 5.69 Å². The van der Waals surface area contributed by atoms with E-state index >= 15 is 0 Å². The fourth-order valence-corrected chi connectivity index (χ4v) is 2.27. The minimum atomic E-state index is -0.347. The van der Waals surface area contributed by atoms with E-state index in [9.17, 15) is 9.59 Å². The zero-order valence-corrected chi connectivity index (χ0v) is 12.9. The summed E-state index contributed by atoms with van der Waals surface area (Å²) in [6, 6.07) is 7.02. The lowest BCUT2D eigenvalue weighted by Gasteiger charge is -2.10. The number of nitrogens with one attached hydrogen (secondary N) is 2. The first-order chi connectivity index (χ1) is 9.69. The minimum Gasteiger partial charge on any atom is -0.462 e. The van der Waals surface area contributed by atoms with Gasteiger partial charge in [0, 0.05) is 18.2 Å². The van der Waals surface area contributed by atoms with Gasteiger partial charge in [0.05, 0.1) is 12.2 Å². The van der Waals surface area contributed by atoms with Crippen molar-refractivity contribution in [3.63, 3.8) is 0 Å². The summed E-state index contributed by atoms with van der Waals surface area (Å²) in [7, 11) is 0. The molecule has 1 aliphatic heterocycles. The number of rotatable bonds is 5. The maximum Gasteiger partial charge on any atom is 0.338 e. The first kappa shape index (κ1) is 17.5. The lowest BCUT2D eigenvalue weighted by molar-refractivity contribution is -0.116. The number of esters is 1. The van der Waals surface area contributed by atoms with Crippen LogP contribution in [0.25, 0.3) is 0 Å². The van der Waals surface area contributed by atoms with Crippen LogP contribution in [-0.4, -0.2) is 31.1 Å². The molecule has 1 aliphatic rings. The maximum atomic E-state index is 11.8. The van der Waals surface area contributed by atoms with E-state index in [4.69, 9.17) is 4.74 Å². The third-order valence-electron chi connectivity index (χ3n) is 3.27. The van der Waals surface area contributed by atoms with Gasteiger partial charge in [-0.1, -0.05) is 0 Å². The largest absolute Gasteiger partial charge is 0.462 e. The van der Waals surface area contributed by atoms with Gasteiger partial charge in [-0.2, -0.15) is 0 Å². The fourth-order valence-electron chi connectivity index (χ4n) is 2.27. The quantitative estimate of drug-likeness (QED) is 0.819. The number of amides is 1. The van der Waals surface area contributed by atoms with Crippen molar-refractivity contribution in [1.29, 1.82) is 0 Å². The highest BCUT2D eigenvalue weighted by Crippen LogP contribution is 2.13. The monoisotopic (exact) mass is 312 g/mol. The maximum absolute atomic E-state index is 11.8. The Hall–Kier alpha value is -1.59. The van der Waals surface area contributed by atoms with E-state index in [1.807, 2.05) is 0 Å². The van der Waals surface area contributed by atoms with Crippen molar-refractivity contribution in [3.05, 3.63) is 29.8 Å². The molecule has 1 amide bonds. The van der Waals surface area contributed by atoms with E-state index in [-0.39, 0.29) is 30.3 Å². The summed E-state index contributed by atoms with van der Waals surface area (Å²) in [6.07, 6.45) is 2.67. The molecule has 1 aromatic carbocycles. The molecule has 0 bridgehead atoms. The Morgan fingerprint density at radius 1 is 1.33 bits per heavy atom. The SMILES string of the molecule is CCOC(=O)c1ccc(NC(=O)CC2CCCN2)cc1.Cl. The van der Waals surface area contributed by atoms with Crippen LogP contribution in [-0.2, 0) is 9.53 Å². The summed E-state index contributed by atoms with van der Waals surface area (Å²) in [5.41, 5.74) is 1.18. The van der Waals surface area contributed by atoms with Crippen LogP contribution in [0.2, 0.25) is 0 Å². The van der Waals surface area contributed by atoms with Crippen molar-refractivity contribution in [2.24, 2.45) is 0 Å². The molecule has 1 heterocycles. The van der Waals surface area contributed by atoms with E-state index in [0.717, 1.165) is 19.4 Å². The number of carbonyl (C=O) groups is 2. The number of ether oxygens (including phenoxy) is 1. The Kier molecular flexibility index (Phi) is 7.19. The van der Waals surface area contributed by atoms with Crippen LogP contribution in [0.5, 0.6) is 0 Å². The van der Waals surface area contributed by atoms with Crippen molar-refractivity contribution in [1.82, 2.24) is 5.32 Å². The normalized spacial score (nSPS) is 16.9. The van der Waals surface area contributed by atoms with Gasteiger partial charge in [-0.25, -0.2) is 4.79 Å². The number of hydrogen-bond donors (Lipinski definition) is 2. The summed E-state index contributed by atoms with van der Waals surface area (Å²) < 4.78 is 4.90. The van der Waals surface area contributed by atoms with E-state index in [0.29, 0.717) is 24.3 Å². The molecule has 1 unspecified atom stereocenters. The molecular weight excluding hydrogens is 292 g/mol. The summed E-state index contributed by atoms with van der Waals surface area (Å²) in [4.78, 5) is 23.3. The second kappa shape index (κ2) is 8.64. The molecular formula is C15H21ClN2O3. The average molecular weight is 313 g/mol. The second-order valence-electron chi connectivity index (χ2n) is 4.84. The molecule has 1 fully saturated rings. The molecule has 0 spiro atoms. The molecule has 1 atom stereocenters. The topological polar surface area (TPSA) is 67.4 Å². The summed E-state index contributed by atoms with van der Waals surface area (Å²) in [5.74, 6) is -0.353. The predicted molar refractivity (Wildman–Crippen MR) is 83.9 cm³/mol. The average Bonchev–Trinajstić information content (AvgIpc) is 2.92. The minimum absolute atomic E-state index is 0. The van der Waals surface area contributed by atoms with E-state index in [1.165, 1.54) is 0 Å². The van der Waals surface area contributed by atoms with Gasteiger partial charge in [0.25, 0.3) is 0 Å². The van der Waals surface area contributed by atoms with Crippen molar-refractivity contribution >= 4 is 30.0 Å². The predicted octanol–water partition coefficient (Wildman–Crippen LogP) is 2.37. The Morgan fingerprint density at radius 2 is 2.05 bits per heavy atom. The fraction of sp³-hybridized carbons (Fsp3) is 0.467. The number of benzene rings is 1. The Balaban J connectivity index is 0.00000220. The number of hydrogen-bond acceptors (Lipinski definition) is 4. The van der Waals surface area contributed by atoms with Crippen LogP contribution in [0, 0.1) is 0 Å². The molecule has 1 aromatic rings. The summed E-state index contributed by atoms with van der Waals surface area (Å²) in [5, 5.41) is 6.13. The zero-order valence-electron chi connectivity index (χ0n) is 12.1. The molecule has 1 saturated heterocycles. The highest BCUT2D eigenvalue weighted by atomic mass is 35.5. The number of anilines is 1. The van der Waals surface area contributed by atoms with Gasteiger partial charge in [-0.3, -0.25) is 4.79 Å². The molecule has 6 heteroatoms. The standard InChI is InChI=1S/C15H20N2O3.ClH/c1-2-20-15(19)11-5-7-12(8-6-11)17-14(18)10-13-4-3-9-16-13;/h5-8,13,16H,2-4,9-10H2,1H3,(H,17,18);1H. The molecule has 2 rings (SSSR count). The highest BCUT2D eigenvalue weighted by Gasteiger charge is 2.17. The molecule has 116 valence electrons. The van der Waals surface area contributed by atoms with E-state index in [1.54, 1.807) is 31.2 Å². The summed E-state index contributed by atoms with van der Waals surface area (Å²) >= 11 is 0. The second-order valence-corrected chi connectivity index (χ2v) is 4.84. The van der Waals surface area contributed by atoms with Gasteiger partial charge in [0.15, 0.2) is 0 Å². The van der Waals surface area contributed by atoms with Gasteiger partial charge in [0.1, 0.15) is 0 Å². The van der Waals surface area contributed by atoms with Crippen molar-refractivity contribution in [2.75, 3.05) is 18.5 Å². The van der Waals surface area contributed by atoms with E-state index < -0.39 is 0 Å². The van der Waals surface area contributed by atoms with Crippen LogP contribution < -0.4 is 10.6 Å². The lowest BCUT2D eigenvalue weighted by Crippen LogP contribution is -2.27. The van der Waals surface area contributed by atoms with Crippen LogP contribution in [0.1, 0.15) is 36.5 Å². The van der Waals surface area contributed by atoms with Gasteiger partial charge in [0.2, 0.25) is 5.91 Å². The van der Waals surface area contributed by atoms with Crippen LogP contribution >= 0.6 is 12.4 Å². The Bertz CT molecular complexity index is 470. The Labute approximate surface area is 130 Å². The van der Waals surface area contributed by atoms with Gasteiger partial charge in [-0.05, 0) is 50.6 Å². The van der Waals surface area contributed by atoms with Crippen molar-refractivity contribution in [2.45, 2.75) is 32.2 Å². The Morgan fingerprint density at radius 3 is 2.62 bits per heavy atom. The molecule has 0 aliphatic carbocycles. The molecule has 5 nitrogen and oxygen atoms in total. The third kappa shape index (κ3) is 5.36. The highest BCUT2D eigenvalue weighted by molar-refractivity contribution is 5.93. The van der Waals surface area contributed by atoms with Crippen LogP contribution in [0.3, 0.4) is 0 Å². The van der Waals surface area contributed by atoms with Gasteiger partial charge < -0.3 is 15.4 Å².